The lowest BCUT2D eigenvalue weighted by molar-refractivity contribution is 0.102. The molecule has 0 fully saturated rings. The van der Waals surface area contributed by atoms with Crippen LogP contribution in [0.1, 0.15) is 10.4 Å². The van der Waals surface area contributed by atoms with E-state index < -0.39 is 0 Å². The zero-order chi connectivity index (χ0) is 17.9. The molecule has 3 heterocycles. The van der Waals surface area contributed by atoms with E-state index in [4.69, 9.17) is 0 Å². The Morgan fingerprint density at radius 2 is 1.92 bits per heavy atom. The van der Waals surface area contributed by atoms with Crippen LogP contribution >= 0.6 is 15.9 Å². The molecule has 8 heteroatoms. The standard InChI is InChI=1S/C18H13BrN6O/c19-14-9-22-25(11-14)16-4-1-13(2-5-16)18(26)23-15-3-6-17(21-10-15)24-8-7-20-12-24/h1-12H,(H,23,26). The van der Waals surface area contributed by atoms with Crippen molar-refractivity contribution in [3.63, 3.8) is 0 Å². The van der Waals surface area contributed by atoms with Gasteiger partial charge in [0, 0.05) is 24.2 Å². The third-order valence-electron chi connectivity index (χ3n) is 3.72. The highest BCUT2D eigenvalue weighted by Crippen LogP contribution is 2.15. The van der Waals surface area contributed by atoms with Gasteiger partial charge in [-0.2, -0.15) is 5.10 Å². The molecular formula is C18H13BrN6O. The molecule has 0 atom stereocenters. The monoisotopic (exact) mass is 408 g/mol. The third-order valence-corrected chi connectivity index (χ3v) is 4.13. The molecule has 0 saturated carbocycles. The first-order valence-corrected chi connectivity index (χ1v) is 8.55. The van der Waals surface area contributed by atoms with Gasteiger partial charge >= 0.3 is 0 Å². The zero-order valence-corrected chi connectivity index (χ0v) is 15.0. The number of halogens is 1. The number of carbonyl (C=O) groups is 1. The molecule has 0 radical (unpaired) electrons. The van der Waals surface area contributed by atoms with Crippen molar-refractivity contribution >= 4 is 27.5 Å². The van der Waals surface area contributed by atoms with Crippen LogP contribution in [0, 0.1) is 0 Å². The number of nitrogens with zero attached hydrogens (tertiary/aromatic N) is 5. The Kier molecular flexibility index (Phi) is 4.32. The van der Waals surface area contributed by atoms with Gasteiger partial charge in [0.15, 0.2) is 0 Å². The number of hydrogen-bond donors (Lipinski definition) is 1. The van der Waals surface area contributed by atoms with E-state index in [2.05, 4.69) is 36.3 Å². The highest BCUT2D eigenvalue weighted by atomic mass is 79.9. The summed E-state index contributed by atoms with van der Waals surface area (Å²) in [4.78, 5) is 20.7. The van der Waals surface area contributed by atoms with Crippen molar-refractivity contribution in [2.24, 2.45) is 0 Å². The minimum atomic E-state index is -0.199. The maximum atomic E-state index is 12.4. The van der Waals surface area contributed by atoms with Crippen LogP contribution in [-0.2, 0) is 0 Å². The molecule has 4 rings (SSSR count). The van der Waals surface area contributed by atoms with Crippen molar-refractivity contribution < 1.29 is 4.79 Å². The van der Waals surface area contributed by atoms with Gasteiger partial charge in [0.1, 0.15) is 12.1 Å². The van der Waals surface area contributed by atoms with E-state index in [0.717, 1.165) is 16.0 Å². The SMILES string of the molecule is O=C(Nc1ccc(-n2ccnc2)nc1)c1ccc(-n2cc(Br)cn2)cc1. The van der Waals surface area contributed by atoms with Crippen LogP contribution in [-0.4, -0.2) is 30.2 Å². The van der Waals surface area contributed by atoms with Gasteiger partial charge < -0.3 is 5.32 Å². The van der Waals surface area contributed by atoms with Crippen molar-refractivity contribution in [1.29, 1.82) is 0 Å². The third kappa shape index (κ3) is 3.40. The summed E-state index contributed by atoms with van der Waals surface area (Å²) in [6, 6.07) is 10.8. The van der Waals surface area contributed by atoms with E-state index in [1.165, 1.54) is 0 Å². The Morgan fingerprint density at radius 3 is 2.54 bits per heavy atom. The van der Waals surface area contributed by atoms with Crippen molar-refractivity contribution in [2.45, 2.75) is 0 Å². The van der Waals surface area contributed by atoms with Gasteiger partial charge in [0.05, 0.1) is 28.2 Å². The normalized spacial score (nSPS) is 10.7. The number of aromatic nitrogens is 5. The highest BCUT2D eigenvalue weighted by molar-refractivity contribution is 9.10. The van der Waals surface area contributed by atoms with E-state index in [0.29, 0.717) is 11.3 Å². The van der Waals surface area contributed by atoms with Crippen LogP contribution in [0.4, 0.5) is 5.69 Å². The average Bonchev–Trinajstić information content (AvgIpc) is 3.34. The summed E-state index contributed by atoms with van der Waals surface area (Å²) in [5, 5.41) is 7.05. The smallest absolute Gasteiger partial charge is 0.255 e. The number of rotatable bonds is 4. The van der Waals surface area contributed by atoms with Gasteiger partial charge in [0.25, 0.3) is 5.91 Å². The van der Waals surface area contributed by atoms with Crippen molar-refractivity contribution in [3.05, 3.63) is 83.7 Å². The fourth-order valence-electron chi connectivity index (χ4n) is 2.42. The van der Waals surface area contributed by atoms with Gasteiger partial charge in [-0.1, -0.05) is 0 Å². The topological polar surface area (TPSA) is 77.6 Å². The van der Waals surface area contributed by atoms with Crippen molar-refractivity contribution in [3.8, 4) is 11.5 Å². The summed E-state index contributed by atoms with van der Waals surface area (Å²) in [7, 11) is 0. The number of pyridine rings is 1. The number of imidazole rings is 1. The lowest BCUT2D eigenvalue weighted by Gasteiger charge is -2.07. The van der Waals surface area contributed by atoms with Crippen LogP contribution < -0.4 is 5.32 Å². The lowest BCUT2D eigenvalue weighted by Crippen LogP contribution is -2.12. The number of anilines is 1. The molecule has 0 spiro atoms. The van der Waals surface area contributed by atoms with Crippen LogP contribution in [0.5, 0.6) is 0 Å². The van der Waals surface area contributed by atoms with E-state index in [1.807, 2.05) is 24.4 Å². The number of benzene rings is 1. The quantitative estimate of drug-likeness (QED) is 0.560. The van der Waals surface area contributed by atoms with Crippen LogP contribution in [0.15, 0.2) is 78.2 Å². The summed E-state index contributed by atoms with van der Waals surface area (Å²) in [5.74, 6) is 0.533. The number of amides is 1. The molecule has 0 aliphatic carbocycles. The van der Waals surface area contributed by atoms with Crippen LogP contribution in [0.25, 0.3) is 11.5 Å². The molecule has 26 heavy (non-hydrogen) atoms. The highest BCUT2D eigenvalue weighted by Gasteiger charge is 2.08. The Bertz CT molecular complexity index is 1020. The average molecular weight is 409 g/mol. The molecule has 1 amide bonds. The second-order valence-electron chi connectivity index (χ2n) is 5.48. The molecular weight excluding hydrogens is 396 g/mol. The number of carbonyl (C=O) groups excluding carboxylic acids is 1. The zero-order valence-electron chi connectivity index (χ0n) is 13.5. The van der Waals surface area contributed by atoms with Crippen LogP contribution in [0.2, 0.25) is 0 Å². The molecule has 3 aromatic heterocycles. The van der Waals surface area contributed by atoms with E-state index in [9.17, 15) is 4.79 Å². The van der Waals surface area contributed by atoms with Gasteiger partial charge in [-0.05, 0) is 52.3 Å². The number of nitrogens with one attached hydrogen (secondary N) is 1. The Labute approximate surface area is 157 Å². The minimum absolute atomic E-state index is 0.199. The first-order chi connectivity index (χ1) is 12.7. The molecule has 0 aliphatic heterocycles. The summed E-state index contributed by atoms with van der Waals surface area (Å²) in [5.41, 5.74) is 2.05. The first-order valence-electron chi connectivity index (χ1n) is 7.75. The van der Waals surface area contributed by atoms with Crippen molar-refractivity contribution in [2.75, 3.05) is 5.32 Å². The van der Waals surface area contributed by atoms with Gasteiger partial charge in [-0.15, -0.1) is 0 Å². The Hall–Kier alpha value is -3.26. The molecule has 0 bridgehead atoms. The largest absolute Gasteiger partial charge is 0.321 e. The second kappa shape index (κ2) is 6.93. The first kappa shape index (κ1) is 16.2. The van der Waals surface area contributed by atoms with Gasteiger partial charge in [-0.3, -0.25) is 9.36 Å². The molecule has 128 valence electrons. The summed E-state index contributed by atoms with van der Waals surface area (Å²) in [6.45, 7) is 0. The molecule has 1 aromatic carbocycles. The molecule has 1 N–H and O–H groups in total. The lowest BCUT2D eigenvalue weighted by atomic mass is 10.2. The van der Waals surface area contributed by atoms with E-state index in [-0.39, 0.29) is 5.91 Å². The molecule has 4 aromatic rings. The molecule has 0 aliphatic rings. The Balaban J connectivity index is 1.46. The van der Waals surface area contributed by atoms with Gasteiger partial charge in [0.2, 0.25) is 0 Å². The molecule has 0 saturated heterocycles. The molecule has 7 nitrogen and oxygen atoms in total. The maximum absolute atomic E-state index is 12.4. The van der Waals surface area contributed by atoms with E-state index in [1.54, 1.807) is 58.6 Å². The van der Waals surface area contributed by atoms with Crippen molar-refractivity contribution in [1.82, 2.24) is 24.3 Å². The Morgan fingerprint density at radius 1 is 1.08 bits per heavy atom. The summed E-state index contributed by atoms with van der Waals surface area (Å²) >= 11 is 3.36. The summed E-state index contributed by atoms with van der Waals surface area (Å²) in [6.07, 6.45) is 10.3. The fraction of sp³-hybridized carbons (Fsp3) is 0. The molecule has 0 unspecified atom stereocenters. The summed E-state index contributed by atoms with van der Waals surface area (Å²) < 4.78 is 4.41. The second-order valence-corrected chi connectivity index (χ2v) is 6.39. The van der Waals surface area contributed by atoms with E-state index >= 15 is 0 Å². The maximum Gasteiger partial charge on any atom is 0.255 e. The van der Waals surface area contributed by atoms with Gasteiger partial charge in [-0.25, -0.2) is 14.6 Å². The predicted octanol–water partition coefficient (Wildman–Crippen LogP) is 3.47. The fourth-order valence-corrected chi connectivity index (χ4v) is 2.70. The minimum Gasteiger partial charge on any atom is -0.321 e. The number of hydrogen-bond acceptors (Lipinski definition) is 4. The van der Waals surface area contributed by atoms with Crippen LogP contribution in [0.3, 0.4) is 0 Å². The predicted molar refractivity (Wildman–Crippen MR) is 101 cm³/mol.